The van der Waals surface area contributed by atoms with Gasteiger partial charge in [0, 0.05) is 19.5 Å². The Labute approximate surface area is 116 Å². The van der Waals surface area contributed by atoms with Gasteiger partial charge in [0.05, 0.1) is 0 Å². The summed E-state index contributed by atoms with van der Waals surface area (Å²) >= 11 is 0. The summed E-state index contributed by atoms with van der Waals surface area (Å²) in [4.78, 5) is 14.1. The first-order chi connectivity index (χ1) is 9.34. The molecule has 1 aromatic rings. The highest BCUT2D eigenvalue weighted by atomic mass is 16.1. The van der Waals surface area contributed by atoms with Gasteiger partial charge in [-0.15, -0.1) is 0 Å². The van der Waals surface area contributed by atoms with Gasteiger partial charge in [-0.3, -0.25) is 4.79 Å². The Kier molecular flexibility index (Phi) is 5.89. The summed E-state index contributed by atoms with van der Waals surface area (Å²) in [6, 6.07) is 10.4. The van der Waals surface area contributed by atoms with Crippen LogP contribution in [0.3, 0.4) is 0 Å². The van der Waals surface area contributed by atoms with Crippen molar-refractivity contribution in [3.63, 3.8) is 0 Å². The molecule has 0 radical (unpaired) electrons. The Hall–Kier alpha value is -1.35. The summed E-state index contributed by atoms with van der Waals surface area (Å²) in [6.45, 7) is 4.04. The average molecular weight is 260 g/mol. The molecule has 1 aliphatic rings. The summed E-state index contributed by atoms with van der Waals surface area (Å²) < 4.78 is 0. The zero-order chi connectivity index (χ0) is 13.3. The highest BCUT2D eigenvalue weighted by Crippen LogP contribution is 2.07. The highest BCUT2D eigenvalue weighted by Gasteiger charge is 2.12. The van der Waals surface area contributed by atoms with Crippen molar-refractivity contribution >= 4 is 5.91 Å². The molecule has 1 N–H and O–H groups in total. The lowest BCUT2D eigenvalue weighted by molar-refractivity contribution is -0.121. The summed E-state index contributed by atoms with van der Waals surface area (Å²) in [6.07, 6.45) is 5.27. The molecule has 1 fully saturated rings. The lowest BCUT2D eigenvalue weighted by Crippen LogP contribution is -2.30. The van der Waals surface area contributed by atoms with E-state index in [1.807, 2.05) is 6.07 Å². The number of hydrogen-bond donors (Lipinski definition) is 1. The van der Waals surface area contributed by atoms with E-state index in [0.717, 1.165) is 25.9 Å². The molecule has 0 saturated carbocycles. The maximum Gasteiger partial charge on any atom is 0.221 e. The lowest BCUT2D eigenvalue weighted by Gasteiger charge is -2.13. The molecule has 0 aromatic heterocycles. The number of likely N-dealkylation sites (tertiary alicyclic amines) is 1. The molecule has 1 saturated heterocycles. The van der Waals surface area contributed by atoms with Crippen molar-refractivity contribution in [2.24, 2.45) is 0 Å². The third-order valence-corrected chi connectivity index (χ3v) is 3.66. The van der Waals surface area contributed by atoms with E-state index in [1.165, 1.54) is 31.5 Å². The Morgan fingerprint density at radius 2 is 1.89 bits per heavy atom. The quantitative estimate of drug-likeness (QED) is 0.762. The smallest absolute Gasteiger partial charge is 0.221 e. The first-order valence-corrected chi connectivity index (χ1v) is 7.37. The molecule has 0 spiro atoms. The van der Waals surface area contributed by atoms with Crippen molar-refractivity contribution in [3.05, 3.63) is 35.9 Å². The SMILES string of the molecule is O=C(CCN1CCCC1)NCCCc1ccccc1. The van der Waals surface area contributed by atoms with Gasteiger partial charge in [-0.1, -0.05) is 30.3 Å². The van der Waals surface area contributed by atoms with Crippen molar-refractivity contribution in [2.75, 3.05) is 26.2 Å². The van der Waals surface area contributed by atoms with Crippen LogP contribution in [-0.4, -0.2) is 37.0 Å². The topological polar surface area (TPSA) is 32.3 Å². The summed E-state index contributed by atoms with van der Waals surface area (Å²) in [5.41, 5.74) is 1.34. The zero-order valence-corrected chi connectivity index (χ0v) is 11.6. The fraction of sp³-hybridized carbons (Fsp3) is 0.562. The molecule has 0 unspecified atom stereocenters. The van der Waals surface area contributed by atoms with E-state index >= 15 is 0 Å². The van der Waals surface area contributed by atoms with Crippen molar-refractivity contribution in [3.8, 4) is 0 Å². The number of benzene rings is 1. The maximum absolute atomic E-state index is 11.7. The number of rotatable bonds is 7. The van der Waals surface area contributed by atoms with Gasteiger partial charge < -0.3 is 10.2 Å². The Bertz CT molecular complexity index is 372. The minimum Gasteiger partial charge on any atom is -0.356 e. The van der Waals surface area contributed by atoms with Gasteiger partial charge in [0.2, 0.25) is 5.91 Å². The molecule has 1 aromatic carbocycles. The maximum atomic E-state index is 11.7. The second-order valence-corrected chi connectivity index (χ2v) is 5.24. The van der Waals surface area contributed by atoms with Gasteiger partial charge in [-0.2, -0.15) is 0 Å². The molecule has 1 heterocycles. The van der Waals surface area contributed by atoms with Crippen LogP contribution in [0.25, 0.3) is 0 Å². The summed E-state index contributed by atoms with van der Waals surface area (Å²) in [5, 5.41) is 3.01. The van der Waals surface area contributed by atoms with Crippen LogP contribution in [0.2, 0.25) is 0 Å². The van der Waals surface area contributed by atoms with Gasteiger partial charge >= 0.3 is 0 Å². The first-order valence-electron chi connectivity index (χ1n) is 7.37. The number of nitrogens with one attached hydrogen (secondary N) is 1. The fourth-order valence-electron chi connectivity index (χ4n) is 2.52. The number of carbonyl (C=O) groups is 1. The molecule has 0 atom stereocenters. The van der Waals surface area contributed by atoms with Gasteiger partial charge in [0.1, 0.15) is 0 Å². The molecule has 0 bridgehead atoms. The van der Waals surface area contributed by atoms with Crippen molar-refractivity contribution < 1.29 is 4.79 Å². The number of nitrogens with zero attached hydrogens (tertiary/aromatic N) is 1. The molecule has 104 valence electrons. The molecule has 0 aliphatic carbocycles. The Morgan fingerprint density at radius 3 is 2.63 bits per heavy atom. The normalized spacial score (nSPS) is 15.6. The molecule has 3 heteroatoms. The zero-order valence-electron chi connectivity index (χ0n) is 11.6. The number of hydrogen-bond acceptors (Lipinski definition) is 2. The number of amides is 1. The van der Waals surface area contributed by atoms with E-state index < -0.39 is 0 Å². The van der Waals surface area contributed by atoms with Gasteiger partial charge in [0.15, 0.2) is 0 Å². The molecule has 1 aliphatic heterocycles. The van der Waals surface area contributed by atoms with Crippen LogP contribution in [0.5, 0.6) is 0 Å². The van der Waals surface area contributed by atoms with Crippen molar-refractivity contribution in [2.45, 2.75) is 32.1 Å². The van der Waals surface area contributed by atoms with Crippen LogP contribution in [-0.2, 0) is 11.2 Å². The second-order valence-electron chi connectivity index (χ2n) is 5.24. The van der Waals surface area contributed by atoms with Crippen LogP contribution in [0.15, 0.2) is 30.3 Å². The second kappa shape index (κ2) is 7.95. The lowest BCUT2D eigenvalue weighted by atomic mass is 10.1. The van der Waals surface area contributed by atoms with Crippen LogP contribution in [0, 0.1) is 0 Å². The van der Waals surface area contributed by atoms with Crippen LogP contribution >= 0.6 is 0 Å². The van der Waals surface area contributed by atoms with Gasteiger partial charge in [0.25, 0.3) is 0 Å². The molecule has 1 amide bonds. The van der Waals surface area contributed by atoms with Gasteiger partial charge in [-0.05, 0) is 44.3 Å². The molecule has 3 nitrogen and oxygen atoms in total. The van der Waals surface area contributed by atoms with Crippen molar-refractivity contribution in [1.29, 1.82) is 0 Å². The standard InChI is InChI=1S/C16H24N2O/c19-16(10-14-18-12-4-5-13-18)17-11-6-9-15-7-2-1-3-8-15/h1-3,7-8H,4-6,9-14H2,(H,17,19). The minimum absolute atomic E-state index is 0.194. The number of carbonyl (C=O) groups excluding carboxylic acids is 1. The largest absolute Gasteiger partial charge is 0.356 e. The number of aryl methyl sites for hydroxylation is 1. The summed E-state index contributed by atoms with van der Waals surface area (Å²) in [7, 11) is 0. The fourth-order valence-corrected chi connectivity index (χ4v) is 2.52. The molecular weight excluding hydrogens is 236 g/mol. The van der Waals surface area contributed by atoms with Crippen LogP contribution in [0.1, 0.15) is 31.2 Å². The van der Waals surface area contributed by atoms with Crippen LogP contribution < -0.4 is 5.32 Å². The molecule has 2 rings (SSSR count). The minimum atomic E-state index is 0.194. The van der Waals surface area contributed by atoms with E-state index in [2.05, 4.69) is 34.5 Å². The molecule has 19 heavy (non-hydrogen) atoms. The third kappa shape index (κ3) is 5.43. The van der Waals surface area contributed by atoms with Crippen LogP contribution in [0.4, 0.5) is 0 Å². The van der Waals surface area contributed by atoms with E-state index in [4.69, 9.17) is 0 Å². The Balaban J connectivity index is 1.51. The monoisotopic (exact) mass is 260 g/mol. The third-order valence-electron chi connectivity index (χ3n) is 3.66. The van der Waals surface area contributed by atoms with E-state index in [9.17, 15) is 4.79 Å². The molecular formula is C16H24N2O. The first kappa shape index (κ1) is 14.1. The van der Waals surface area contributed by atoms with E-state index in [1.54, 1.807) is 0 Å². The average Bonchev–Trinajstić information content (AvgIpc) is 2.96. The summed E-state index contributed by atoms with van der Waals surface area (Å²) in [5.74, 6) is 0.194. The Morgan fingerprint density at radius 1 is 1.16 bits per heavy atom. The van der Waals surface area contributed by atoms with Gasteiger partial charge in [-0.25, -0.2) is 0 Å². The highest BCUT2D eigenvalue weighted by molar-refractivity contribution is 5.76. The van der Waals surface area contributed by atoms with Crippen molar-refractivity contribution in [1.82, 2.24) is 10.2 Å². The predicted octanol–water partition coefficient (Wildman–Crippen LogP) is 2.22. The van der Waals surface area contributed by atoms with E-state index in [-0.39, 0.29) is 5.91 Å². The predicted molar refractivity (Wildman–Crippen MR) is 78.1 cm³/mol. The van der Waals surface area contributed by atoms with E-state index in [0.29, 0.717) is 6.42 Å².